The number of nitrogens with one attached hydrogen (secondary N) is 1. The first-order valence-corrected chi connectivity index (χ1v) is 11.9. The van der Waals surface area contributed by atoms with Gasteiger partial charge in [-0.3, -0.25) is 9.10 Å². The van der Waals surface area contributed by atoms with Gasteiger partial charge >= 0.3 is 0 Å². The highest BCUT2D eigenvalue weighted by atomic mass is 35.5. The minimum Gasteiger partial charge on any atom is -0.324 e. The van der Waals surface area contributed by atoms with E-state index in [0.717, 1.165) is 34.0 Å². The van der Waals surface area contributed by atoms with Gasteiger partial charge in [0.05, 0.1) is 10.6 Å². The fourth-order valence-electron chi connectivity index (χ4n) is 3.38. The van der Waals surface area contributed by atoms with Gasteiger partial charge in [-0.05, 0) is 54.3 Å². The quantitative estimate of drug-likeness (QED) is 0.500. The molecule has 0 unspecified atom stereocenters. The molecule has 0 aromatic heterocycles. The molecule has 0 aliphatic rings. The normalized spacial score (nSPS) is 11.2. The molecule has 0 atom stereocenters. The van der Waals surface area contributed by atoms with Crippen molar-refractivity contribution in [3.8, 4) is 0 Å². The zero-order valence-corrected chi connectivity index (χ0v) is 19.1. The number of carbonyl (C=O) groups excluding carboxylic acids is 1. The number of hydrogen-bond donors (Lipinski definition) is 1. The monoisotopic (exact) mass is 456 g/mol. The maximum atomic E-state index is 13.4. The van der Waals surface area contributed by atoms with E-state index < -0.39 is 15.9 Å². The van der Waals surface area contributed by atoms with Crippen LogP contribution in [0.5, 0.6) is 0 Å². The molecule has 1 N–H and O–H groups in total. The summed E-state index contributed by atoms with van der Waals surface area (Å²) in [6.45, 7) is 3.66. The van der Waals surface area contributed by atoms with E-state index in [-0.39, 0.29) is 11.4 Å². The number of hydrogen-bond acceptors (Lipinski definition) is 3. The number of carbonyl (C=O) groups is 1. The molecule has 0 bridgehead atoms. The minimum absolute atomic E-state index is 0.103. The number of nitrogens with zero attached hydrogens (tertiary/aromatic N) is 1. The van der Waals surface area contributed by atoms with Crippen molar-refractivity contribution in [1.82, 2.24) is 0 Å². The van der Waals surface area contributed by atoms with Gasteiger partial charge in [0.15, 0.2) is 0 Å². The first-order chi connectivity index (χ1) is 14.9. The SMILES string of the molecule is CCc1cccc(CC)c1NC(=O)CN(c1cccc(Cl)c1)S(=O)(=O)c1ccccc1. The Morgan fingerprint density at radius 2 is 1.52 bits per heavy atom. The Labute approximate surface area is 188 Å². The fourth-order valence-corrected chi connectivity index (χ4v) is 5.00. The third-order valence-corrected chi connectivity index (χ3v) is 7.00. The molecule has 3 rings (SSSR count). The lowest BCUT2D eigenvalue weighted by Crippen LogP contribution is -2.38. The predicted octanol–water partition coefficient (Wildman–Crippen LogP) is 5.30. The van der Waals surface area contributed by atoms with Crippen LogP contribution in [0.4, 0.5) is 11.4 Å². The van der Waals surface area contributed by atoms with Crippen LogP contribution in [0.15, 0.2) is 77.7 Å². The van der Waals surface area contributed by atoms with E-state index in [9.17, 15) is 13.2 Å². The van der Waals surface area contributed by atoms with Crippen molar-refractivity contribution in [3.63, 3.8) is 0 Å². The molecule has 0 heterocycles. The average Bonchev–Trinajstić information content (AvgIpc) is 2.78. The van der Waals surface area contributed by atoms with Crippen molar-refractivity contribution < 1.29 is 13.2 Å². The van der Waals surface area contributed by atoms with Crippen molar-refractivity contribution in [2.24, 2.45) is 0 Å². The Kier molecular flexibility index (Phi) is 7.36. The summed E-state index contributed by atoms with van der Waals surface area (Å²) in [6.07, 6.45) is 1.51. The van der Waals surface area contributed by atoms with Gasteiger partial charge in [0, 0.05) is 10.7 Å². The number of rotatable bonds is 8. The van der Waals surface area contributed by atoms with Crippen molar-refractivity contribution in [3.05, 3.63) is 88.9 Å². The highest BCUT2D eigenvalue weighted by Gasteiger charge is 2.27. The lowest BCUT2D eigenvalue weighted by Gasteiger charge is -2.25. The second-order valence-electron chi connectivity index (χ2n) is 7.01. The lowest BCUT2D eigenvalue weighted by molar-refractivity contribution is -0.114. The van der Waals surface area contributed by atoms with E-state index >= 15 is 0 Å². The first-order valence-electron chi connectivity index (χ1n) is 10.1. The summed E-state index contributed by atoms with van der Waals surface area (Å²) in [4.78, 5) is 13.1. The van der Waals surface area contributed by atoms with Crippen molar-refractivity contribution in [1.29, 1.82) is 0 Å². The number of aryl methyl sites for hydroxylation is 2. The van der Waals surface area contributed by atoms with E-state index in [1.165, 1.54) is 18.2 Å². The summed E-state index contributed by atoms with van der Waals surface area (Å²) >= 11 is 6.11. The molecule has 31 heavy (non-hydrogen) atoms. The maximum absolute atomic E-state index is 13.4. The summed E-state index contributed by atoms with van der Waals surface area (Å²) < 4.78 is 27.8. The van der Waals surface area contributed by atoms with Gasteiger partial charge in [-0.25, -0.2) is 8.42 Å². The van der Waals surface area contributed by atoms with Gasteiger partial charge < -0.3 is 5.32 Å². The van der Waals surface area contributed by atoms with E-state index in [0.29, 0.717) is 10.7 Å². The van der Waals surface area contributed by atoms with E-state index in [1.807, 2.05) is 32.0 Å². The molecule has 0 aliphatic heterocycles. The van der Waals surface area contributed by atoms with Gasteiger partial charge in [0.25, 0.3) is 10.0 Å². The number of anilines is 2. The number of sulfonamides is 1. The molecule has 0 radical (unpaired) electrons. The molecule has 0 aliphatic carbocycles. The highest BCUT2D eigenvalue weighted by Crippen LogP contribution is 2.27. The maximum Gasteiger partial charge on any atom is 0.264 e. The van der Waals surface area contributed by atoms with E-state index in [4.69, 9.17) is 11.6 Å². The van der Waals surface area contributed by atoms with Crippen molar-refractivity contribution >= 4 is 38.9 Å². The summed E-state index contributed by atoms with van der Waals surface area (Å²) in [5, 5.41) is 3.33. The van der Waals surface area contributed by atoms with Crippen molar-refractivity contribution in [2.45, 2.75) is 31.6 Å². The molecule has 5 nitrogen and oxygen atoms in total. The third kappa shape index (κ3) is 5.27. The van der Waals surface area contributed by atoms with Gasteiger partial charge in [-0.1, -0.05) is 67.9 Å². The van der Waals surface area contributed by atoms with Crippen LogP contribution in [-0.4, -0.2) is 20.9 Å². The van der Waals surface area contributed by atoms with Gasteiger partial charge in [0.1, 0.15) is 6.54 Å². The summed E-state index contributed by atoms with van der Waals surface area (Å²) in [7, 11) is -3.98. The third-order valence-electron chi connectivity index (χ3n) is 4.98. The lowest BCUT2D eigenvalue weighted by atomic mass is 10.0. The topological polar surface area (TPSA) is 66.5 Å². The van der Waals surface area contributed by atoms with Crippen LogP contribution in [-0.2, 0) is 27.7 Å². The summed E-state index contributed by atoms with van der Waals surface area (Å²) in [6, 6.07) is 20.4. The highest BCUT2D eigenvalue weighted by molar-refractivity contribution is 7.92. The Hall–Kier alpha value is -2.83. The Morgan fingerprint density at radius 1 is 0.903 bits per heavy atom. The zero-order chi connectivity index (χ0) is 22.4. The number of amides is 1. The molecule has 7 heteroatoms. The van der Waals surface area contributed by atoms with Gasteiger partial charge in [-0.2, -0.15) is 0 Å². The Bertz CT molecular complexity index is 1140. The number of para-hydroxylation sites is 1. The first kappa shape index (κ1) is 22.8. The largest absolute Gasteiger partial charge is 0.324 e. The van der Waals surface area contributed by atoms with Crippen LogP contribution in [0.1, 0.15) is 25.0 Å². The van der Waals surface area contributed by atoms with E-state index in [2.05, 4.69) is 5.32 Å². The number of benzene rings is 3. The summed E-state index contributed by atoms with van der Waals surface area (Å²) in [5.74, 6) is -0.421. The molecular formula is C24H25ClN2O3S. The second kappa shape index (κ2) is 9.98. The van der Waals surface area contributed by atoms with E-state index in [1.54, 1.807) is 36.4 Å². The molecule has 1 amide bonds. The Morgan fingerprint density at radius 3 is 2.10 bits per heavy atom. The number of halogens is 1. The van der Waals surface area contributed by atoms with Gasteiger partial charge in [0.2, 0.25) is 5.91 Å². The van der Waals surface area contributed by atoms with Crippen LogP contribution >= 0.6 is 11.6 Å². The molecule has 162 valence electrons. The zero-order valence-electron chi connectivity index (χ0n) is 17.5. The van der Waals surface area contributed by atoms with Crippen LogP contribution in [0.25, 0.3) is 0 Å². The smallest absolute Gasteiger partial charge is 0.264 e. The van der Waals surface area contributed by atoms with Crippen LogP contribution < -0.4 is 9.62 Å². The summed E-state index contributed by atoms with van der Waals surface area (Å²) in [5.41, 5.74) is 3.09. The molecule has 0 saturated carbocycles. The average molecular weight is 457 g/mol. The van der Waals surface area contributed by atoms with Crippen LogP contribution in [0, 0.1) is 0 Å². The van der Waals surface area contributed by atoms with Crippen LogP contribution in [0.3, 0.4) is 0 Å². The van der Waals surface area contributed by atoms with Gasteiger partial charge in [-0.15, -0.1) is 0 Å². The van der Waals surface area contributed by atoms with Crippen molar-refractivity contribution in [2.75, 3.05) is 16.2 Å². The predicted molar refractivity (Wildman–Crippen MR) is 126 cm³/mol. The minimum atomic E-state index is -3.98. The second-order valence-corrected chi connectivity index (χ2v) is 9.31. The fraction of sp³-hybridized carbons (Fsp3) is 0.208. The molecule has 0 saturated heterocycles. The Balaban J connectivity index is 1.98. The molecule has 0 fully saturated rings. The molecule has 3 aromatic carbocycles. The molecular weight excluding hydrogens is 432 g/mol. The standard InChI is InChI=1S/C24H25ClN2O3S/c1-3-18-10-8-11-19(4-2)24(18)26-23(28)17-27(21-13-9-12-20(25)16-21)31(29,30)22-14-6-5-7-15-22/h5-16H,3-4,17H2,1-2H3,(H,26,28). The molecule has 0 spiro atoms. The van der Waals surface area contributed by atoms with Crippen LogP contribution in [0.2, 0.25) is 5.02 Å². The molecule has 3 aromatic rings.